The summed E-state index contributed by atoms with van der Waals surface area (Å²) in [5.74, 6) is 0. The molecule has 0 aromatic carbocycles. The Morgan fingerprint density at radius 2 is 1.79 bits per heavy atom. The van der Waals surface area contributed by atoms with E-state index in [1.165, 1.54) is 0 Å². The number of hydrogen-bond acceptors (Lipinski definition) is 1. The number of hydrogen-bond donors (Lipinski definition) is 0. The van der Waals surface area contributed by atoms with Crippen molar-refractivity contribution in [2.75, 3.05) is 0 Å². The quantitative estimate of drug-likeness (QED) is 0.504. The van der Waals surface area contributed by atoms with E-state index in [0.29, 0.717) is 0 Å². The number of halogens is 4. The maximum atomic E-state index is 13.8. The lowest BCUT2D eigenvalue weighted by molar-refractivity contribution is -0.241. The first-order chi connectivity index (χ1) is 6.40. The minimum Gasteiger partial charge on any atom is -0.300 e. The number of rotatable bonds is 2. The Hall–Kier alpha value is -0.610. The second kappa shape index (κ2) is 2.49. The van der Waals surface area contributed by atoms with Gasteiger partial charge in [0, 0.05) is 0 Å². The Labute approximate surface area is 78.5 Å². The lowest BCUT2D eigenvalue weighted by Gasteiger charge is -2.56. The van der Waals surface area contributed by atoms with Gasteiger partial charge in [-0.2, -0.15) is 0 Å². The van der Waals surface area contributed by atoms with E-state index in [1.54, 1.807) is 0 Å². The van der Waals surface area contributed by atoms with Gasteiger partial charge in [0.2, 0.25) is 5.67 Å². The van der Waals surface area contributed by atoms with Crippen LogP contribution >= 0.6 is 0 Å². The molecular formula is C9H10F4O. The summed E-state index contributed by atoms with van der Waals surface area (Å²) < 4.78 is 53.8. The van der Waals surface area contributed by atoms with Crippen LogP contribution in [0.3, 0.4) is 0 Å². The maximum absolute atomic E-state index is 13.8. The molecular weight excluding hydrogens is 200 g/mol. The fourth-order valence-corrected chi connectivity index (χ4v) is 2.24. The topological polar surface area (TPSA) is 17.1 Å². The van der Waals surface area contributed by atoms with Crippen LogP contribution < -0.4 is 0 Å². The molecule has 0 heterocycles. The number of aldehydes is 1. The lowest BCUT2D eigenvalue weighted by atomic mass is 9.54. The van der Waals surface area contributed by atoms with Crippen LogP contribution in [0.5, 0.6) is 0 Å². The van der Waals surface area contributed by atoms with Crippen molar-refractivity contribution in [1.29, 1.82) is 0 Å². The second-order valence-electron chi connectivity index (χ2n) is 4.15. The zero-order valence-electron chi connectivity index (χ0n) is 7.40. The molecule has 0 N–H and O–H groups in total. The maximum Gasteiger partial charge on any atom is 0.202 e. The van der Waals surface area contributed by atoms with Crippen LogP contribution in [0.4, 0.5) is 17.6 Å². The zero-order chi connectivity index (χ0) is 10.6. The van der Waals surface area contributed by atoms with Crippen LogP contribution in [-0.4, -0.2) is 29.5 Å². The SMILES string of the molecule is O=CC1(F)CCC1(F)C1(F)CCC1F. The minimum atomic E-state index is -2.95. The summed E-state index contributed by atoms with van der Waals surface area (Å²) in [6, 6.07) is 0. The third kappa shape index (κ3) is 0.792. The van der Waals surface area contributed by atoms with Crippen LogP contribution in [0.2, 0.25) is 0 Å². The highest BCUT2D eigenvalue weighted by atomic mass is 19.2. The molecule has 80 valence electrons. The average Bonchev–Trinajstić information content (AvgIpc) is 2.21. The Bertz CT molecular complexity index is 284. The normalized spacial score (nSPS) is 57.3. The Kier molecular flexibility index (Phi) is 1.77. The van der Waals surface area contributed by atoms with E-state index < -0.39 is 29.6 Å². The van der Waals surface area contributed by atoms with Gasteiger partial charge < -0.3 is 0 Å². The monoisotopic (exact) mass is 210 g/mol. The molecule has 2 fully saturated rings. The van der Waals surface area contributed by atoms with Gasteiger partial charge in [-0.05, 0) is 25.7 Å². The van der Waals surface area contributed by atoms with Gasteiger partial charge in [0.1, 0.15) is 6.17 Å². The van der Waals surface area contributed by atoms with Crippen LogP contribution in [0.1, 0.15) is 25.7 Å². The predicted molar refractivity (Wildman–Crippen MR) is 40.9 cm³/mol. The molecule has 0 bridgehead atoms. The van der Waals surface area contributed by atoms with E-state index >= 15 is 0 Å². The van der Waals surface area contributed by atoms with E-state index in [-0.39, 0.29) is 25.5 Å². The fraction of sp³-hybridized carbons (Fsp3) is 0.889. The van der Waals surface area contributed by atoms with Crippen molar-refractivity contribution >= 4 is 6.29 Å². The van der Waals surface area contributed by atoms with Gasteiger partial charge in [-0.15, -0.1) is 0 Å². The second-order valence-corrected chi connectivity index (χ2v) is 4.15. The molecule has 0 radical (unpaired) electrons. The molecule has 1 nitrogen and oxygen atoms in total. The van der Waals surface area contributed by atoms with Gasteiger partial charge in [-0.25, -0.2) is 17.6 Å². The lowest BCUT2D eigenvalue weighted by Crippen LogP contribution is -2.74. The molecule has 2 rings (SSSR count). The molecule has 0 aliphatic heterocycles. The van der Waals surface area contributed by atoms with Crippen molar-refractivity contribution in [1.82, 2.24) is 0 Å². The van der Waals surface area contributed by atoms with Crippen molar-refractivity contribution < 1.29 is 22.4 Å². The molecule has 0 aromatic heterocycles. The van der Waals surface area contributed by atoms with E-state index in [1.807, 2.05) is 0 Å². The number of alkyl halides is 4. The van der Waals surface area contributed by atoms with Gasteiger partial charge in [-0.1, -0.05) is 0 Å². The van der Waals surface area contributed by atoms with Crippen LogP contribution in [0.15, 0.2) is 0 Å². The third-order valence-corrected chi connectivity index (χ3v) is 3.60. The van der Waals surface area contributed by atoms with E-state index in [0.717, 1.165) is 0 Å². The zero-order valence-corrected chi connectivity index (χ0v) is 7.40. The first-order valence-corrected chi connectivity index (χ1v) is 4.57. The number of carbonyl (C=O) groups excluding carboxylic acids is 1. The molecule has 4 unspecified atom stereocenters. The van der Waals surface area contributed by atoms with Crippen LogP contribution in [-0.2, 0) is 4.79 Å². The smallest absolute Gasteiger partial charge is 0.202 e. The van der Waals surface area contributed by atoms with Crippen molar-refractivity contribution in [3.8, 4) is 0 Å². The molecule has 0 amide bonds. The minimum absolute atomic E-state index is 0.100. The van der Waals surface area contributed by atoms with Gasteiger partial charge in [0.05, 0.1) is 0 Å². The first kappa shape index (κ1) is 9.93. The Morgan fingerprint density at radius 3 is 2.00 bits per heavy atom. The standard InChI is InChI=1S/C9H10F4O/c10-6-1-2-8(6,12)9(13)4-3-7(9,11)5-14/h5-6H,1-4H2. The third-order valence-electron chi connectivity index (χ3n) is 3.60. The molecule has 2 aliphatic carbocycles. The molecule has 0 spiro atoms. The van der Waals surface area contributed by atoms with Crippen molar-refractivity contribution in [2.45, 2.75) is 48.9 Å². The molecule has 2 saturated carbocycles. The summed E-state index contributed by atoms with van der Waals surface area (Å²) in [5.41, 5.74) is -8.56. The molecule has 14 heavy (non-hydrogen) atoms. The fourth-order valence-electron chi connectivity index (χ4n) is 2.24. The molecule has 0 aromatic rings. The van der Waals surface area contributed by atoms with Gasteiger partial charge in [0.15, 0.2) is 17.6 Å². The van der Waals surface area contributed by atoms with Crippen LogP contribution in [0.25, 0.3) is 0 Å². The molecule has 0 saturated heterocycles. The van der Waals surface area contributed by atoms with E-state index in [2.05, 4.69) is 0 Å². The van der Waals surface area contributed by atoms with Crippen molar-refractivity contribution in [2.24, 2.45) is 0 Å². The van der Waals surface area contributed by atoms with E-state index in [4.69, 9.17) is 0 Å². The van der Waals surface area contributed by atoms with E-state index in [9.17, 15) is 22.4 Å². The highest BCUT2D eigenvalue weighted by Crippen LogP contribution is 2.61. The summed E-state index contributed by atoms with van der Waals surface area (Å²) in [5, 5.41) is 0. The van der Waals surface area contributed by atoms with Crippen molar-refractivity contribution in [3.63, 3.8) is 0 Å². The van der Waals surface area contributed by atoms with Gasteiger partial charge in [-0.3, -0.25) is 4.79 Å². The van der Waals surface area contributed by atoms with Crippen LogP contribution in [0, 0.1) is 0 Å². The summed E-state index contributed by atoms with van der Waals surface area (Å²) >= 11 is 0. The largest absolute Gasteiger partial charge is 0.300 e. The first-order valence-electron chi connectivity index (χ1n) is 4.57. The molecule has 5 heteroatoms. The highest BCUT2D eigenvalue weighted by molar-refractivity contribution is 5.68. The number of carbonyl (C=O) groups is 1. The Balaban J connectivity index is 2.29. The van der Waals surface area contributed by atoms with Gasteiger partial charge >= 0.3 is 0 Å². The highest BCUT2D eigenvalue weighted by Gasteiger charge is 2.77. The summed E-state index contributed by atoms with van der Waals surface area (Å²) in [6.45, 7) is 0. The predicted octanol–water partition coefficient (Wildman–Crippen LogP) is 2.24. The Morgan fingerprint density at radius 1 is 1.14 bits per heavy atom. The molecule has 2 aliphatic rings. The van der Waals surface area contributed by atoms with Gasteiger partial charge in [0.25, 0.3) is 0 Å². The molecule has 4 atom stereocenters. The summed E-state index contributed by atoms with van der Waals surface area (Å²) in [6.07, 6.45) is -3.43. The average molecular weight is 210 g/mol. The van der Waals surface area contributed by atoms with Crippen molar-refractivity contribution in [3.05, 3.63) is 0 Å². The summed E-state index contributed by atoms with van der Waals surface area (Å²) in [7, 11) is 0. The summed E-state index contributed by atoms with van der Waals surface area (Å²) in [4.78, 5) is 10.3.